The van der Waals surface area contributed by atoms with Crippen LogP contribution in [0.25, 0.3) is 0 Å². The van der Waals surface area contributed by atoms with E-state index < -0.39 is 8.03 Å². The molecule has 1 atom stereocenters. The Morgan fingerprint density at radius 2 is 2.00 bits per heavy atom. The topological polar surface area (TPSA) is 50.2 Å². The maximum absolute atomic E-state index is 10.4. The van der Waals surface area contributed by atoms with Gasteiger partial charge in [-0.15, -0.1) is 0 Å². The van der Waals surface area contributed by atoms with E-state index >= 15 is 0 Å². The van der Waals surface area contributed by atoms with Crippen molar-refractivity contribution in [1.82, 2.24) is 4.98 Å². The lowest BCUT2D eigenvalue weighted by Gasteiger charge is -1.89. The Labute approximate surface area is 53.2 Å². The Balaban J connectivity index is 2.98. The molecule has 0 saturated heterocycles. The monoisotopic (exact) mass is 143 g/mol. The number of pyridine rings is 1. The summed E-state index contributed by atoms with van der Waals surface area (Å²) < 4.78 is 10.4. The predicted octanol–water partition coefficient (Wildman–Crippen LogP) is 0.174. The van der Waals surface area contributed by atoms with Gasteiger partial charge in [0.25, 0.3) is 0 Å². The molecular weight excluding hydrogens is 137 g/mol. The van der Waals surface area contributed by atoms with Gasteiger partial charge in [0.1, 0.15) is 0 Å². The average Bonchev–Trinajstić information content (AvgIpc) is 1.90. The minimum Gasteiger partial charge on any atom is -0.343 e. The van der Waals surface area contributed by atoms with Gasteiger partial charge in [-0.05, 0) is 12.1 Å². The van der Waals surface area contributed by atoms with Crippen LogP contribution in [0.1, 0.15) is 0 Å². The maximum atomic E-state index is 10.4. The molecule has 1 N–H and O–H groups in total. The molecule has 48 valence electrons. The van der Waals surface area contributed by atoms with Gasteiger partial charge in [-0.25, -0.2) is 0 Å². The lowest BCUT2D eigenvalue weighted by molar-refractivity contribution is 0.513. The molecule has 0 aliphatic heterocycles. The summed E-state index contributed by atoms with van der Waals surface area (Å²) in [5, 5.41) is 0.454. The molecule has 1 aromatic rings. The number of hydrogen-bond donors (Lipinski definition) is 1. The third kappa shape index (κ3) is 1.63. The summed E-state index contributed by atoms with van der Waals surface area (Å²) >= 11 is 0. The van der Waals surface area contributed by atoms with Crippen molar-refractivity contribution in [3.8, 4) is 0 Å². The molecule has 0 bridgehead atoms. The number of aromatic nitrogens is 1. The van der Waals surface area contributed by atoms with Crippen molar-refractivity contribution >= 4 is 13.3 Å². The molecule has 1 aromatic heterocycles. The molecule has 0 fully saturated rings. The molecule has 1 heterocycles. The van der Waals surface area contributed by atoms with E-state index in [9.17, 15) is 4.57 Å². The Morgan fingerprint density at radius 3 is 2.33 bits per heavy atom. The zero-order chi connectivity index (χ0) is 6.69. The van der Waals surface area contributed by atoms with E-state index in [1.165, 1.54) is 24.5 Å². The molecule has 0 aliphatic carbocycles. The summed E-state index contributed by atoms with van der Waals surface area (Å²) in [4.78, 5) is 12.2. The smallest absolute Gasteiger partial charge is 0.218 e. The molecule has 3 nitrogen and oxygen atoms in total. The van der Waals surface area contributed by atoms with Crippen molar-refractivity contribution in [2.24, 2.45) is 0 Å². The van der Waals surface area contributed by atoms with Crippen LogP contribution >= 0.6 is 8.03 Å². The third-order valence-corrected chi connectivity index (χ3v) is 1.75. The Bertz CT molecular complexity index is 211. The number of nitrogens with zero attached hydrogens (tertiary/aromatic N) is 1. The van der Waals surface area contributed by atoms with Gasteiger partial charge >= 0.3 is 0 Å². The fourth-order valence-corrected chi connectivity index (χ4v) is 0.929. The van der Waals surface area contributed by atoms with E-state index in [1.54, 1.807) is 0 Å². The van der Waals surface area contributed by atoms with Crippen molar-refractivity contribution in [2.45, 2.75) is 0 Å². The molecule has 0 aromatic carbocycles. The van der Waals surface area contributed by atoms with E-state index in [2.05, 4.69) is 4.98 Å². The molecule has 1 unspecified atom stereocenters. The Morgan fingerprint density at radius 1 is 1.44 bits per heavy atom. The van der Waals surface area contributed by atoms with Crippen LogP contribution in [0.2, 0.25) is 0 Å². The van der Waals surface area contributed by atoms with Crippen LogP contribution in [0.3, 0.4) is 0 Å². The van der Waals surface area contributed by atoms with Gasteiger partial charge in [0, 0.05) is 17.7 Å². The van der Waals surface area contributed by atoms with Crippen molar-refractivity contribution in [2.75, 3.05) is 0 Å². The third-order valence-electron chi connectivity index (χ3n) is 0.927. The zero-order valence-electron chi connectivity index (χ0n) is 4.61. The van der Waals surface area contributed by atoms with E-state index in [0.717, 1.165) is 0 Å². The second-order valence-electron chi connectivity index (χ2n) is 1.54. The first-order valence-corrected chi connectivity index (χ1v) is 3.79. The lowest BCUT2D eigenvalue weighted by Crippen LogP contribution is -1.93. The van der Waals surface area contributed by atoms with Crippen molar-refractivity contribution < 1.29 is 9.46 Å². The second kappa shape index (κ2) is 2.76. The summed E-state index contributed by atoms with van der Waals surface area (Å²) in [6.07, 6.45) is 2.99. The van der Waals surface area contributed by atoms with Gasteiger partial charge in [-0.1, -0.05) is 0 Å². The molecule has 4 heteroatoms. The van der Waals surface area contributed by atoms with Crippen LogP contribution in [0.4, 0.5) is 0 Å². The summed E-state index contributed by atoms with van der Waals surface area (Å²) in [6.45, 7) is 0. The zero-order valence-corrected chi connectivity index (χ0v) is 5.61. The van der Waals surface area contributed by atoms with Crippen molar-refractivity contribution in [1.29, 1.82) is 0 Å². The van der Waals surface area contributed by atoms with Gasteiger partial charge in [0.15, 0.2) is 0 Å². The highest BCUT2D eigenvalue weighted by Crippen LogP contribution is 2.09. The maximum Gasteiger partial charge on any atom is 0.218 e. The number of rotatable bonds is 1. The normalized spacial score (nSPS) is 13.0. The van der Waals surface area contributed by atoms with E-state index in [1.807, 2.05) is 0 Å². The summed E-state index contributed by atoms with van der Waals surface area (Å²) in [6, 6.07) is 3.06. The minimum atomic E-state index is -2.50. The standard InChI is InChI=1S/C5H6NO2P/c7-9(8)5-1-3-6-4-2-5/h1-4,9H,(H,7,8). The highest BCUT2D eigenvalue weighted by Gasteiger charge is 1.93. The van der Waals surface area contributed by atoms with Crippen molar-refractivity contribution in [3.63, 3.8) is 0 Å². The first kappa shape index (κ1) is 6.46. The highest BCUT2D eigenvalue weighted by atomic mass is 31.1. The van der Waals surface area contributed by atoms with Crippen LogP contribution in [-0.2, 0) is 4.57 Å². The van der Waals surface area contributed by atoms with Gasteiger partial charge in [0.05, 0.1) is 0 Å². The predicted molar refractivity (Wildman–Crippen MR) is 35.1 cm³/mol. The lowest BCUT2D eigenvalue weighted by atomic mass is 10.5. The minimum absolute atomic E-state index is 0.454. The Hall–Kier alpha value is -0.660. The van der Waals surface area contributed by atoms with E-state index in [0.29, 0.717) is 5.30 Å². The van der Waals surface area contributed by atoms with Crippen LogP contribution in [-0.4, -0.2) is 9.88 Å². The average molecular weight is 143 g/mol. The quantitative estimate of drug-likeness (QED) is 0.570. The molecule has 0 spiro atoms. The summed E-state index contributed by atoms with van der Waals surface area (Å²) in [5.74, 6) is 0. The molecule has 0 aliphatic rings. The molecule has 1 rings (SSSR count). The van der Waals surface area contributed by atoms with Crippen molar-refractivity contribution in [3.05, 3.63) is 24.5 Å². The van der Waals surface area contributed by atoms with Gasteiger partial charge in [-0.3, -0.25) is 9.55 Å². The van der Waals surface area contributed by atoms with Crippen LogP contribution < -0.4 is 5.30 Å². The molecule has 9 heavy (non-hydrogen) atoms. The SMILES string of the molecule is O=[PH](O)c1ccncc1. The first-order valence-electron chi connectivity index (χ1n) is 2.44. The summed E-state index contributed by atoms with van der Waals surface area (Å²) in [7, 11) is -2.50. The largest absolute Gasteiger partial charge is 0.343 e. The van der Waals surface area contributed by atoms with Crippen LogP contribution in [0.5, 0.6) is 0 Å². The molecule has 0 amide bonds. The molecule has 0 saturated carbocycles. The molecule has 0 radical (unpaired) electrons. The number of hydrogen-bond acceptors (Lipinski definition) is 2. The van der Waals surface area contributed by atoms with Crippen LogP contribution in [0.15, 0.2) is 24.5 Å². The first-order chi connectivity index (χ1) is 4.30. The fourth-order valence-electron chi connectivity index (χ4n) is 0.494. The summed E-state index contributed by atoms with van der Waals surface area (Å²) in [5.41, 5.74) is 0. The second-order valence-corrected chi connectivity index (χ2v) is 2.73. The van der Waals surface area contributed by atoms with E-state index in [4.69, 9.17) is 4.89 Å². The fraction of sp³-hybridized carbons (Fsp3) is 0. The highest BCUT2D eigenvalue weighted by molar-refractivity contribution is 7.47. The van der Waals surface area contributed by atoms with Gasteiger partial charge in [0.2, 0.25) is 8.03 Å². The van der Waals surface area contributed by atoms with Crippen LogP contribution in [0, 0.1) is 0 Å². The van der Waals surface area contributed by atoms with Gasteiger partial charge < -0.3 is 4.89 Å². The van der Waals surface area contributed by atoms with E-state index in [-0.39, 0.29) is 0 Å². The molecular formula is C5H6NO2P. The van der Waals surface area contributed by atoms with Gasteiger partial charge in [-0.2, -0.15) is 0 Å². The Kier molecular flexibility index (Phi) is 1.98.